The van der Waals surface area contributed by atoms with Gasteiger partial charge in [-0.05, 0) is 49.2 Å². The molecular formula is C18H19N3OS. The Morgan fingerprint density at radius 3 is 2.57 bits per heavy atom. The van der Waals surface area contributed by atoms with E-state index in [9.17, 15) is 4.79 Å². The molecule has 0 bridgehead atoms. The second-order valence-corrected chi connectivity index (χ2v) is 6.60. The normalized spacial score (nSPS) is 10.9. The first kappa shape index (κ1) is 15.6. The van der Waals surface area contributed by atoms with Crippen LogP contribution in [0.3, 0.4) is 0 Å². The number of thioether (sulfide) groups is 1. The van der Waals surface area contributed by atoms with E-state index >= 15 is 0 Å². The SMILES string of the molecule is Cc1cc(C)cc(NC(=O)CSc2nc3ccccc3n2C)c1. The van der Waals surface area contributed by atoms with Gasteiger partial charge >= 0.3 is 0 Å². The molecule has 2 aromatic carbocycles. The molecule has 0 atom stereocenters. The van der Waals surface area contributed by atoms with Crippen molar-refractivity contribution < 1.29 is 4.79 Å². The fourth-order valence-corrected chi connectivity index (χ4v) is 3.41. The van der Waals surface area contributed by atoms with Gasteiger partial charge in [-0.2, -0.15) is 0 Å². The van der Waals surface area contributed by atoms with Crippen LogP contribution >= 0.6 is 11.8 Å². The van der Waals surface area contributed by atoms with Crippen LogP contribution in [-0.4, -0.2) is 21.2 Å². The largest absolute Gasteiger partial charge is 0.325 e. The highest BCUT2D eigenvalue weighted by Gasteiger charge is 2.10. The lowest BCUT2D eigenvalue weighted by Crippen LogP contribution is -2.14. The van der Waals surface area contributed by atoms with Gasteiger partial charge in [0.05, 0.1) is 16.8 Å². The third-order valence-electron chi connectivity index (χ3n) is 3.58. The molecule has 0 saturated heterocycles. The van der Waals surface area contributed by atoms with Crippen LogP contribution < -0.4 is 5.32 Å². The number of carbonyl (C=O) groups excluding carboxylic acids is 1. The number of carbonyl (C=O) groups is 1. The molecule has 4 nitrogen and oxygen atoms in total. The molecule has 0 aliphatic heterocycles. The minimum absolute atomic E-state index is 0.0212. The predicted octanol–water partition coefficient (Wildman–Crippen LogP) is 3.92. The van der Waals surface area contributed by atoms with Crippen molar-refractivity contribution in [2.75, 3.05) is 11.1 Å². The summed E-state index contributed by atoms with van der Waals surface area (Å²) in [6, 6.07) is 14.0. The Balaban J connectivity index is 1.67. The third kappa shape index (κ3) is 3.56. The number of nitrogens with zero attached hydrogens (tertiary/aromatic N) is 2. The summed E-state index contributed by atoms with van der Waals surface area (Å²) in [6.07, 6.45) is 0. The first-order valence-corrected chi connectivity index (χ1v) is 8.44. The van der Waals surface area contributed by atoms with E-state index < -0.39 is 0 Å². The minimum Gasteiger partial charge on any atom is -0.325 e. The molecule has 5 heteroatoms. The van der Waals surface area contributed by atoms with Gasteiger partial charge in [-0.25, -0.2) is 4.98 Å². The molecule has 1 amide bonds. The molecule has 3 rings (SSSR count). The summed E-state index contributed by atoms with van der Waals surface area (Å²) >= 11 is 1.45. The predicted molar refractivity (Wildman–Crippen MR) is 96.0 cm³/mol. The number of nitrogens with one attached hydrogen (secondary N) is 1. The van der Waals surface area contributed by atoms with Crippen molar-refractivity contribution in [3.63, 3.8) is 0 Å². The highest BCUT2D eigenvalue weighted by atomic mass is 32.2. The summed E-state index contributed by atoms with van der Waals surface area (Å²) in [6.45, 7) is 4.05. The van der Waals surface area contributed by atoms with Crippen molar-refractivity contribution in [1.29, 1.82) is 0 Å². The van der Waals surface area contributed by atoms with Gasteiger partial charge in [0.25, 0.3) is 0 Å². The van der Waals surface area contributed by atoms with E-state index in [0.29, 0.717) is 5.75 Å². The average molecular weight is 325 g/mol. The van der Waals surface area contributed by atoms with Crippen molar-refractivity contribution in [2.45, 2.75) is 19.0 Å². The number of aromatic nitrogens is 2. The summed E-state index contributed by atoms with van der Waals surface area (Å²) in [5.41, 5.74) is 5.15. The van der Waals surface area contributed by atoms with E-state index in [1.807, 2.05) is 61.9 Å². The molecule has 0 fully saturated rings. The molecule has 118 valence electrons. The summed E-state index contributed by atoms with van der Waals surface area (Å²) in [5, 5.41) is 3.80. The van der Waals surface area contributed by atoms with Gasteiger partial charge in [0, 0.05) is 12.7 Å². The lowest BCUT2D eigenvalue weighted by molar-refractivity contribution is -0.113. The van der Waals surface area contributed by atoms with Crippen molar-refractivity contribution in [3.8, 4) is 0 Å². The Hall–Kier alpha value is -2.27. The van der Waals surface area contributed by atoms with Gasteiger partial charge in [0.1, 0.15) is 0 Å². The molecule has 1 heterocycles. The van der Waals surface area contributed by atoms with Gasteiger partial charge in [-0.15, -0.1) is 0 Å². The zero-order valence-corrected chi connectivity index (χ0v) is 14.3. The highest BCUT2D eigenvalue weighted by molar-refractivity contribution is 7.99. The Morgan fingerprint density at radius 2 is 1.87 bits per heavy atom. The smallest absolute Gasteiger partial charge is 0.234 e. The van der Waals surface area contributed by atoms with Gasteiger partial charge in [-0.3, -0.25) is 4.79 Å². The van der Waals surface area contributed by atoms with Gasteiger partial charge in [0.2, 0.25) is 5.91 Å². The number of amides is 1. The summed E-state index contributed by atoms with van der Waals surface area (Å²) in [5.74, 6) is 0.316. The number of para-hydroxylation sites is 2. The number of fused-ring (bicyclic) bond motifs is 1. The Kier molecular flexibility index (Phi) is 4.39. The van der Waals surface area contributed by atoms with Crippen molar-refractivity contribution in [2.24, 2.45) is 7.05 Å². The van der Waals surface area contributed by atoms with Gasteiger partial charge in [0.15, 0.2) is 5.16 Å². The standard InChI is InChI=1S/C18H19N3OS/c1-12-8-13(2)10-14(9-12)19-17(22)11-23-18-20-15-6-4-5-7-16(15)21(18)3/h4-10H,11H2,1-3H3,(H,19,22). The first-order valence-electron chi connectivity index (χ1n) is 7.45. The van der Waals surface area contributed by atoms with Crippen LogP contribution in [0.1, 0.15) is 11.1 Å². The fourth-order valence-electron chi connectivity index (χ4n) is 2.63. The highest BCUT2D eigenvalue weighted by Crippen LogP contribution is 2.23. The van der Waals surface area contributed by atoms with Crippen LogP contribution in [0.15, 0.2) is 47.6 Å². The number of hydrogen-bond donors (Lipinski definition) is 1. The van der Waals surface area contributed by atoms with E-state index in [1.165, 1.54) is 11.8 Å². The summed E-state index contributed by atoms with van der Waals surface area (Å²) in [4.78, 5) is 16.7. The first-order chi connectivity index (χ1) is 11.0. The van der Waals surface area contributed by atoms with Crippen molar-refractivity contribution in [3.05, 3.63) is 53.6 Å². The molecule has 1 N–H and O–H groups in total. The quantitative estimate of drug-likeness (QED) is 0.740. The van der Waals surface area contributed by atoms with Crippen LogP contribution in [0.4, 0.5) is 5.69 Å². The Labute approximate surface area is 139 Å². The molecule has 0 unspecified atom stereocenters. The van der Waals surface area contributed by atoms with Gasteiger partial charge < -0.3 is 9.88 Å². The van der Waals surface area contributed by atoms with Crippen LogP contribution in [0.5, 0.6) is 0 Å². The maximum Gasteiger partial charge on any atom is 0.234 e. The van der Waals surface area contributed by atoms with Crippen LogP contribution in [-0.2, 0) is 11.8 Å². The molecule has 0 radical (unpaired) electrons. The van der Waals surface area contributed by atoms with Crippen molar-refractivity contribution >= 4 is 34.4 Å². The molecular weight excluding hydrogens is 306 g/mol. The molecule has 0 spiro atoms. The van der Waals surface area contributed by atoms with Crippen molar-refractivity contribution in [1.82, 2.24) is 9.55 Å². The number of aryl methyl sites for hydroxylation is 3. The van der Waals surface area contributed by atoms with E-state index in [2.05, 4.69) is 16.4 Å². The topological polar surface area (TPSA) is 46.9 Å². The van der Waals surface area contributed by atoms with Crippen LogP contribution in [0.25, 0.3) is 11.0 Å². The van der Waals surface area contributed by atoms with E-state index in [1.54, 1.807) is 0 Å². The zero-order chi connectivity index (χ0) is 16.4. The number of rotatable bonds is 4. The maximum atomic E-state index is 12.2. The minimum atomic E-state index is -0.0212. The monoisotopic (exact) mass is 325 g/mol. The Bertz CT molecular complexity index is 850. The molecule has 0 saturated carbocycles. The van der Waals surface area contributed by atoms with Crippen LogP contribution in [0.2, 0.25) is 0 Å². The van der Waals surface area contributed by atoms with Gasteiger partial charge in [-0.1, -0.05) is 30.0 Å². The number of imidazole rings is 1. The number of anilines is 1. The number of hydrogen-bond acceptors (Lipinski definition) is 3. The zero-order valence-electron chi connectivity index (χ0n) is 13.5. The Morgan fingerprint density at radius 1 is 1.17 bits per heavy atom. The average Bonchev–Trinajstić information content (AvgIpc) is 2.81. The van der Waals surface area contributed by atoms with E-state index in [-0.39, 0.29) is 5.91 Å². The second-order valence-electron chi connectivity index (χ2n) is 5.66. The summed E-state index contributed by atoms with van der Waals surface area (Å²) in [7, 11) is 1.97. The lowest BCUT2D eigenvalue weighted by Gasteiger charge is -2.07. The molecule has 0 aliphatic carbocycles. The molecule has 3 aromatic rings. The molecule has 0 aliphatic rings. The third-order valence-corrected chi connectivity index (χ3v) is 4.61. The maximum absolute atomic E-state index is 12.2. The fraction of sp³-hybridized carbons (Fsp3) is 0.222. The second kappa shape index (κ2) is 6.46. The molecule has 1 aromatic heterocycles. The van der Waals surface area contributed by atoms with E-state index in [4.69, 9.17) is 0 Å². The van der Waals surface area contributed by atoms with Crippen LogP contribution in [0, 0.1) is 13.8 Å². The lowest BCUT2D eigenvalue weighted by atomic mass is 10.1. The molecule has 23 heavy (non-hydrogen) atoms. The number of benzene rings is 2. The summed E-state index contributed by atoms with van der Waals surface area (Å²) < 4.78 is 2.02. The van der Waals surface area contributed by atoms with E-state index in [0.717, 1.165) is 33.0 Å².